The molecule has 0 spiro atoms. The predicted octanol–water partition coefficient (Wildman–Crippen LogP) is 3.50. The molecule has 0 fully saturated rings. The lowest BCUT2D eigenvalue weighted by Crippen LogP contribution is -1.99. The third-order valence-electron chi connectivity index (χ3n) is 2.62. The molecule has 2 rings (SSSR count). The monoisotopic (exact) mass is 248 g/mol. The molecule has 3 nitrogen and oxygen atoms in total. The van der Waals surface area contributed by atoms with E-state index in [1.54, 1.807) is 0 Å². The van der Waals surface area contributed by atoms with Gasteiger partial charge in [0.1, 0.15) is 5.75 Å². The van der Waals surface area contributed by atoms with Crippen LogP contribution in [-0.4, -0.2) is 16.2 Å². The number of imidazole rings is 1. The van der Waals surface area contributed by atoms with Gasteiger partial charge < -0.3 is 9.72 Å². The van der Waals surface area contributed by atoms with Crippen molar-refractivity contribution in [2.45, 2.75) is 20.3 Å². The largest absolute Gasteiger partial charge is 0.494 e. The van der Waals surface area contributed by atoms with Gasteiger partial charge in [-0.05, 0) is 49.8 Å². The number of hydrogen-bond acceptors (Lipinski definition) is 2. The molecule has 0 amide bonds. The van der Waals surface area contributed by atoms with Crippen LogP contribution in [0, 0.1) is 4.77 Å². The molecule has 0 bridgehead atoms. The van der Waals surface area contributed by atoms with Crippen molar-refractivity contribution in [1.82, 2.24) is 9.55 Å². The molecule has 2 aromatic rings. The van der Waals surface area contributed by atoms with Gasteiger partial charge in [0.15, 0.2) is 4.77 Å². The van der Waals surface area contributed by atoms with Gasteiger partial charge in [-0.2, -0.15) is 0 Å². The number of nitrogens with one attached hydrogen (secondary N) is 1. The Hall–Kier alpha value is -1.55. The molecule has 1 heterocycles. The van der Waals surface area contributed by atoms with Crippen LogP contribution in [0.5, 0.6) is 5.75 Å². The molecule has 4 heteroatoms. The van der Waals surface area contributed by atoms with E-state index in [4.69, 9.17) is 17.0 Å². The van der Waals surface area contributed by atoms with Crippen molar-refractivity contribution in [3.05, 3.63) is 40.9 Å². The normalized spacial score (nSPS) is 10.5. The molecule has 1 aromatic carbocycles. The molecular formula is C13H16N2OS. The lowest BCUT2D eigenvalue weighted by Gasteiger charge is -2.08. The van der Waals surface area contributed by atoms with E-state index in [1.807, 2.05) is 42.0 Å². The second-order valence-electron chi connectivity index (χ2n) is 3.70. The Morgan fingerprint density at radius 2 is 1.94 bits per heavy atom. The summed E-state index contributed by atoms with van der Waals surface area (Å²) in [5.41, 5.74) is 2.25. The molecule has 17 heavy (non-hydrogen) atoms. The third kappa shape index (κ3) is 2.42. The number of aryl methyl sites for hydroxylation is 1. The topological polar surface area (TPSA) is 29.9 Å². The zero-order valence-corrected chi connectivity index (χ0v) is 10.9. The van der Waals surface area contributed by atoms with Gasteiger partial charge in [0.2, 0.25) is 0 Å². The van der Waals surface area contributed by atoms with Crippen LogP contribution in [0.1, 0.15) is 19.5 Å². The van der Waals surface area contributed by atoms with Gasteiger partial charge in [-0.15, -0.1) is 0 Å². The number of aromatic amines is 1. The molecule has 1 N–H and O–H groups in total. The van der Waals surface area contributed by atoms with Crippen molar-refractivity contribution in [2.75, 3.05) is 6.61 Å². The number of hydrogen-bond donors (Lipinski definition) is 1. The van der Waals surface area contributed by atoms with Crippen molar-refractivity contribution in [1.29, 1.82) is 0 Å². The van der Waals surface area contributed by atoms with E-state index in [2.05, 4.69) is 11.9 Å². The van der Waals surface area contributed by atoms with Crippen LogP contribution in [0.15, 0.2) is 30.5 Å². The van der Waals surface area contributed by atoms with Crippen LogP contribution in [0.3, 0.4) is 0 Å². The highest BCUT2D eigenvalue weighted by molar-refractivity contribution is 7.71. The summed E-state index contributed by atoms with van der Waals surface area (Å²) in [6, 6.07) is 7.97. The highest BCUT2D eigenvalue weighted by Gasteiger charge is 2.04. The molecular weight excluding hydrogens is 232 g/mol. The van der Waals surface area contributed by atoms with E-state index in [1.165, 1.54) is 5.69 Å². The van der Waals surface area contributed by atoms with Crippen molar-refractivity contribution >= 4 is 12.2 Å². The minimum atomic E-state index is 0.684. The zero-order chi connectivity index (χ0) is 12.3. The molecule has 0 radical (unpaired) electrons. The summed E-state index contributed by atoms with van der Waals surface area (Å²) in [4.78, 5) is 3.07. The fourth-order valence-electron chi connectivity index (χ4n) is 1.81. The maximum Gasteiger partial charge on any atom is 0.182 e. The molecule has 0 aliphatic heterocycles. The Balaban J connectivity index is 2.39. The summed E-state index contributed by atoms with van der Waals surface area (Å²) in [6.07, 6.45) is 2.90. The first kappa shape index (κ1) is 11.9. The number of aromatic nitrogens is 2. The van der Waals surface area contributed by atoms with E-state index < -0.39 is 0 Å². The molecule has 0 aliphatic rings. The quantitative estimate of drug-likeness (QED) is 0.839. The fraction of sp³-hybridized carbons (Fsp3) is 0.308. The van der Waals surface area contributed by atoms with E-state index >= 15 is 0 Å². The van der Waals surface area contributed by atoms with Gasteiger partial charge >= 0.3 is 0 Å². The number of ether oxygens (including phenoxy) is 1. The minimum Gasteiger partial charge on any atom is -0.494 e. The van der Waals surface area contributed by atoms with Gasteiger partial charge in [0.05, 0.1) is 6.61 Å². The molecule has 1 aromatic heterocycles. The van der Waals surface area contributed by atoms with Crippen molar-refractivity contribution in [3.63, 3.8) is 0 Å². The average molecular weight is 248 g/mol. The Morgan fingerprint density at radius 1 is 1.24 bits per heavy atom. The Morgan fingerprint density at radius 3 is 2.53 bits per heavy atom. The highest BCUT2D eigenvalue weighted by atomic mass is 32.1. The van der Waals surface area contributed by atoms with E-state index in [0.29, 0.717) is 6.61 Å². The third-order valence-corrected chi connectivity index (χ3v) is 2.92. The highest BCUT2D eigenvalue weighted by Crippen LogP contribution is 2.17. The summed E-state index contributed by atoms with van der Waals surface area (Å²) < 4.78 is 8.20. The van der Waals surface area contributed by atoms with Crippen LogP contribution in [0.4, 0.5) is 0 Å². The maximum absolute atomic E-state index is 5.42. The second-order valence-corrected chi connectivity index (χ2v) is 4.09. The van der Waals surface area contributed by atoms with Crippen LogP contribution in [0.25, 0.3) is 5.69 Å². The van der Waals surface area contributed by atoms with Crippen molar-refractivity contribution < 1.29 is 4.74 Å². The first-order valence-corrected chi connectivity index (χ1v) is 6.19. The first-order valence-electron chi connectivity index (χ1n) is 5.78. The zero-order valence-electron chi connectivity index (χ0n) is 10.1. The van der Waals surface area contributed by atoms with E-state index in [0.717, 1.165) is 22.6 Å². The smallest absolute Gasteiger partial charge is 0.182 e. The molecule has 0 saturated heterocycles. The fourth-order valence-corrected chi connectivity index (χ4v) is 2.09. The Labute approximate surface area is 106 Å². The number of benzene rings is 1. The lowest BCUT2D eigenvalue weighted by molar-refractivity contribution is 0.340. The summed E-state index contributed by atoms with van der Waals surface area (Å²) in [5.74, 6) is 0.886. The van der Waals surface area contributed by atoms with Crippen LogP contribution in [-0.2, 0) is 6.42 Å². The lowest BCUT2D eigenvalue weighted by atomic mass is 10.2. The summed E-state index contributed by atoms with van der Waals surface area (Å²) in [5, 5.41) is 0. The molecule has 0 unspecified atom stereocenters. The van der Waals surface area contributed by atoms with Crippen LogP contribution in [0.2, 0.25) is 0 Å². The van der Waals surface area contributed by atoms with E-state index in [9.17, 15) is 0 Å². The standard InChI is InChI=1S/C13H16N2OS/c1-3-10-9-14-13(17)15(10)11-5-7-12(8-6-11)16-4-2/h5-9H,3-4H2,1-2H3,(H,14,17). The Bertz CT molecular complexity index is 539. The first-order chi connectivity index (χ1) is 8.26. The molecule has 0 aliphatic carbocycles. The van der Waals surface area contributed by atoms with Gasteiger partial charge in [-0.25, -0.2) is 0 Å². The molecule has 0 atom stereocenters. The van der Waals surface area contributed by atoms with Crippen LogP contribution >= 0.6 is 12.2 Å². The SMILES string of the molecule is CCOc1ccc(-n2c(CC)c[nH]c2=S)cc1. The van der Waals surface area contributed by atoms with Gasteiger partial charge in [-0.1, -0.05) is 6.92 Å². The van der Waals surface area contributed by atoms with Crippen LogP contribution < -0.4 is 4.74 Å². The summed E-state index contributed by atoms with van der Waals surface area (Å²) >= 11 is 5.28. The van der Waals surface area contributed by atoms with Gasteiger partial charge in [-0.3, -0.25) is 4.57 Å². The number of rotatable bonds is 4. The Kier molecular flexibility index (Phi) is 3.64. The van der Waals surface area contributed by atoms with Gasteiger partial charge in [0.25, 0.3) is 0 Å². The van der Waals surface area contributed by atoms with Gasteiger partial charge in [0, 0.05) is 17.6 Å². The van der Waals surface area contributed by atoms with Crippen molar-refractivity contribution in [3.8, 4) is 11.4 Å². The molecule has 90 valence electrons. The second kappa shape index (κ2) is 5.19. The van der Waals surface area contributed by atoms with E-state index in [-0.39, 0.29) is 0 Å². The maximum atomic E-state index is 5.42. The number of nitrogens with zero attached hydrogens (tertiary/aromatic N) is 1. The summed E-state index contributed by atoms with van der Waals surface area (Å²) in [6.45, 7) is 4.78. The summed E-state index contributed by atoms with van der Waals surface area (Å²) in [7, 11) is 0. The molecule has 0 saturated carbocycles. The average Bonchev–Trinajstić information content (AvgIpc) is 2.72. The minimum absolute atomic E-state index is 0.684. The number of H-pyrrole nitrogens is 1. The van der Waals surface area contributed by atoms with Crippen molar-refractivity contribution in [2.24, 2.45) is 0 Å². The predicted molar refractivity (Wildman–Crippen MR) is 71.5 cm³/mol.